The molecular weight excluding hydrogens is 300 g/mol. The number of hydrogen-bond donors (Lipinski definition) is 0. The zero-order valence-electron chi connectivity index (χ0n) is 13.5. The number of rotatable bonds is 7. The van der Waals surface area contributed by atoms with Crippen molar-refractivity contribution in [3.05, 3.63) is 84.4 Å². The Labute approximate surface area is 141 Å². The summed E-state index contributed by atoms with van der Waals surface area (Å²) in [5.41, 5.74) is 2.35. The Hall–Kier alpha value is -2.95. The summed E-state index contributed by atoms with van der Waals surface area (Å²) in [7, 11) is 0. The van der Waals surface area contributed by atoms with E-state index in [4.69, 9.17) is 0 Å². The highest BCUT2D eigenvalue weighted by molar-refractivity contribution is 5.75. The van der Waals surface area contributed by atoms with Crippen molar-refractivity contribution in [2.75, 3.05) is 6.54 Å². The number of amides is 1. The first kappa shape index (κ1) is 15.9. The highest BCUT2D eigenvalue weighted by Gasteiger charge is 2.15. The zero-order valence-corrected chi connectivity index (χ0v) is 13.5. The van der Waals surface area contributed by atoms with Crippen LogP contribution in [0.25, 0.3) is 0 Å². The molecule has 5 nitrogen and oxygen atoms in total. The van der Waals surface area contributed by atoms with E-state index < -0.39 is 0 Å². The number of aromatic nitrogens is 3. The molecule has 5 heteroatoms. The van der Waals surface area contributed by atoms with Crippen LogP contribution in [0.1, 0.15) is 11.1 Å². The molecule has 122 valence electrons. The predicted molar refractivity (Wildman–Crippen MR) is 92.0 cm³/mol. The van der Waals surface area contributed by atoms with Crippen LogP contribution in [0.15, 0.2) is 73.3 Å². The maximum atomic E-state index is 12.7. The number of carbonyl (C=O) groups is 1. The summed E-state index contributed by atoms with van der Waals surface area (Å²) in [6.45, 7) is 1.48. The van der Waals surface area contributed by atoms with Crippen molar-refractivity contribution in [3.8, 4) is 0 Å². The van der Waals surface area contributed by atoms with Gasteiger partial charge < -0.3 is 4.90 Å². The molecule has 0 aliphatic rings. The monoisotopic (exact) mass is 320 g/mol. The number of carbonyl (C=O) groups excluding carboxylic acids is 1. The third-order valence-electron chi connectivity index (χ3n) is 3.85. The summed E-state index contributed by atoms with van der Waals surface area (Å²) in [6.07, 6.45) is 3.84. The normalized spacial score (nSPS) is 10.5. The second kappa shape index (κ2) is 8.06. The van der Waals surface area contributed by atoms with Gasteiger partial charge in [-0.3, -0.25) is 4.79 Å². The molecule has 1 amide bonds. The summed E-state index contributed by atoms with van der Waals surface area (Å²) in [6, 6.07) is 20.3. The Morgan fingerprint density at radius 1 is 0.958 bits per heavy atom. The first-order valence-corrected chi connectivity index (χ1v) is 7.99. The van der Waals surface area contributed by atoms with Crippen molar-refractivity contribution in [2.45, 2.75) is 19.5 Å². The van der Waals surface area contributed by atoms with E-state index in [1.807, 2.05) is 53.4 Å². The summed E-state index contributed by atoms with van der Waals surface area (Å²) < 4.78 is 1.56. The Morgan fingerprint density at radius 3 is 2.25 bits per heavy atom. The van der Waals surface area contributed by atoms with Gasteiger partial charge in [0.2, 0.25) is 5.91 Å². The van der Waals surface area contributed by atoms with Gasteiger partial charge in [-0.05, 0) is 17.5 Å². The fraction of sp³-hybridized carbons (Fsp3) is 0.211. The van der Waals surface area contributed by atoms with Crippen molar-refractivity contribution in [1.29, 1.82) is 0 Å². The van der Waals surface area contributed by atoms with Crippen molar-refractivity contribution in [2.24, 2.45) is 0 Å². The van der Waals surface area contributed by atoms with Gasteiger partial charge in [-0.1, -0.05) is 60.7 Å². The fourth-order valence-electron chi connectivity index (χ4n) is 2.56. The van der Waals surface area contributed by atoms with Crippen LogP contribution in [0.3, 0.4) is 0 Å². The lowest BCUT2D eigenvalue weighted by Gasteiger charge is -2.23. The molecular formula is C19H20N4O. The van der Waals surface area contributed by atoms with Gasteiger partial charge in [0, 0.05) is 13.1 Å². The molecule has 0 bridgehead atoms. The molecule has 0 aliphatic heterocycles. The first-order valence-electron chi connectivity index (χ1n) is 7.99. The molecule has 3 rings (SSSR count). The highest BCUT2D eigenvalue weighted by atomic mass is 16.2. The van der Waals surface area contributed by atoms with E-state index in [9.17, 15) is 4.79 Å². The molecule has 0 radical (unpaired) electrons. The number of hydrogen-bond acceptors (Lipinski definition) is 3. The fourth-order valence-corrected chi connectivity index (χ4v) is 2.56. The minimum absolute atomic E-state index is 0.0419. The van der Waals surface area contributed by atoms with Gasteiger partial charge in [0.1, 0.15) is 19.2 Å². The number of nitrogens with zero attached hydrogens (tertiary/aromatic N) is 4. The minimum Gasteiger partial charge on any atom is -0.336 e. The lowest BCUT2D eigenvalue weighted by molar-refractivity contribution is -0.132. The van der Waals surface area contributed by atoms with Crippen LogP contribution in [0.5, 0.6) is 0 Å². The van der Waals surface area contributed by atoms with Crippen molar-refractivity contribution in [1.82, 2.24) is 19.7 Å². The molecule has 0 unspecified atom stereocenters. The van der Waals surface area contributed by atoms with E-state index in [1.54, 1.807) is 11.0 Å². The zero-order chi connectivity index (χ0) is 16.6. The van der Waals surface area contributed by atoms with Crippen LogP contribution in [0.2, 0.25) is 0 Å². The topological polar surface area (TPSA) is 51.0 Å². The molecule has 3 aromatic rings. The van der Waals surface area contributed by atoms with Gasteiger partial charge in [-0.25, -0.2) is 9.67 Å². The van der Waals surface area contributed by atoms with E-state index >= 15 is 0 Å². The van der Waals surface area contributed by atoms with Crippen LogP contribution >= 0.6 is 0 Å². The third kappa shape index (κ3) is 4.52. The van der Waals surface area contributed by atoms with Crippen LogP contribution in [0.4, 0.5) is 0 Å². The second-order valence-electron chi connectivity index (χ2n) is 5.63. The molecule has 0 fully saturated rings. The molecule has 0 N–H and O–H groups in total. The van der Waals surface area contributed by atoms with E-state index in [2.05, 4.69) is 22.2 Å². The Kier molecular flexibility index (Phi) is 5.35. The van der Waals surface area contributed by atoms with Gasteiger partial charge in [-0.15, -0.1) is 0 Å². The van der Waals surface area contributed by atoms with Crippen LogP contribution in [-0.4, -0.2) is 32.1 Å². The van der Waals surface area contributed by atoms with Crippen LogP contribution < -0.4 is 0 Å². The maximum Gasteiger partial charge on any atom is 0.244 e. The molecule has 0 saturated heterocycles. The van der Waals surface area contributed by atoms with Crippen LogP contribution in [-0.2, 0) is 24.3 Å². The summed E-state index contributed by atoms with van der Waals surface area (Å²) in [5, 5.41) is 4.02. The lowest BCUT2D eigenvalue weighted by Crippen LogP contribution is -2.35. The van der Waals surface area contributed by atoms with Gasteiger partial charge in [0.05, 0.1) is 0 Å². The highest BCUT2D eigenvalue weighted by Crippen LogP contribution is 2.08. The SMILES string of the molecule is O=C(Cn1cncn1)N(CCc1ccccc1)Cc1ccccc1. The van der Waals surface area contributed by atoms with Gasteiger partial charge in [-0.2, -0.15) is 5.10 Å². The Bertz CT molecular complexity index is 742. The van der Waals surface area contributed by atoms with E-state index in [0.29, 0.717) is 13.1 Å². The van der Waals surface area contributed by atoms with Crippen LogP contribution in [0, 0.1) is 0 Å². The van der Waals surface area contributed by atoms with Gasteiger partial charge in [0.25, 0.3) is 0 Å². The molecule has 0 atom stereocenters. The Morgan fingerprint density at radius 2 is 1.62 bits per heavy atom. The first-order chi connectivity index (χ1) is 11.8. The van der Waals surface area contributed by atoms with Crippen molar-refractivity contribution >= 4 is 5.91 Å². The standard InChI is InChI=1S/C19H20N4O/c24-19(14-23-16-20-15-21-23)22(13-18-9-5-2-6-10-18)12-11-17-7-3-1-4-8-17/h1-10,15-16H,11-14H2. The molecule has 0 saturated carbocycles. The average molecular weight is 320 g/mol. The van der Waals surface area contributed by atoms with Gasteiger partial charge >= 0.3 is 0 Å². The molecule has 0 spiro atoms. The second-order valence-corrected chi connectivity index (χ2v) is 5.63. The lowest BCUT2D eigenvalue weighted by atomic mass is 10.1. The average Bonchev–Trinajstić information content (AvgIpc) is 3.13. The number of benzene rings is 2. The van der Waals surface area contributed by atoms with E-state index in [1.165, 1.54) is 11.9 Å². The summed E-state index contributed by atoms with van der Waals surface area (Å²) >= 11 is 0. The largest absolute Gasteiger partial charge is 0.336 e. The maximum absolute atomic E-state index is 12.7. The van der Waals surface area contributed by atoms with E-state index in [-0.39, 0.29) is 12.5 Å². The smallest absolute Gasteiger partial charge is 0.244 e. The summed E-state index contributed by atoms with van der Waals surface area (Å²) in [4.78, 5) is 18.4. The van der Waals surface area contributed by atoms with Gasteiger partial charge in [0.15, 0.2) is 0 Å². The quantitative estimate of drug-likeness (QED) is 0.672. The predicted octanol–water partition coefficient (Wildman–Crippen LogP) is 2.55. The van der Waals surface area contributed by atoms with Crippen molar-refractivity contribution in [3.63, 3.8) is 0 Å². The van der Waals surface area contributed by atoms with Crippen molar-refractivity contribution < 1.29 is 4.79 Å². The summed E-state index contributed by atoms with van der Waals surface area (Å²) in [5.74, 6) is 0.0419. The minimum atomic E-state index is 0.0419. The Balaban J connectivity index is 1.68. The van der Waals surface area contributed by atoms with E-state index in [0.717, 1.165) is 12.0 Å². The molecule has 24 heavy (non-hydrogen) atoms. The molecule has 1 aromatic heterocycles. The molecule has 1 heterocycles. The molecule has 2 aromatic carbocycles. The molecule has 0 aliphatic carbocycles. The third-order valence-corrected chi connectivity index (χ3v) is 3.85.